The minimum Gasteiger partial charge on any atom is -0.366 e. The topological polar surface area (TPSA) is 37.8 Å². The zero-order chi connectivity index (χ0) is 15.6. The standard InChI is InChI=1S/C12H7ClF5N3/c13-11-20-9(12(16,17)18)4-10(21-11)19-5-6-3-7(14)1-2-8(6)15/h1-4H,5H2,(H,19,20,21). The van der Waals surface area contributed by atoms with Gasteiger partial charge in [-0.3, -0.25) is 0 Å². The predicted octanol–water partition coefficient (Wildman–Crippen LogP) is 4.04. The lowest BCUT2D eigenvalue weighted by Crippen LogP contribution is -2.11. The largest absolute Gasteiger partial charge is 0.433 e. The molecule has 1 aromatic carbocycles. The summed E-state index contributed by atoms with van der Waals surface area (Å²) >= 11 is 5.40. The van der Waals surface area contributed by atoms with E-state index in [1.807, 2.05) is 0 Å². The molecule has 9 heteroatoms. The van der Waals surface area contributed by atoms with Gasteiger partial charge in [-0.2, -0.15) is 13.2 Å². The summed E-state index contributed by atoms with van der Waals surface area (Å²) in [5.74, 6) is -1.60. The van der Waals surface area contributed by atoms with Gasteiger partial charge in [0, 0.05) is 18.2 Å². The third-order valence-electron chi connectivity index (χ3n) is 2.46. The average molecular weight is 324 g/mol. The number of nitrogens with one attached hydrogen (secondary N) is 1. The highest BCUT2D eigenvalue weighted by molar-refractivity contribution is 6.28. The Kier molecular flexibility index (Phi) is 4.26. The van der Waals surface area contributed by atoms with Crippen molar-refractivity contribution in [2.75, 3.05) is 5.32 Å². The van der Waals surface area contributed by atoms with Gasteiger partial charge in [-0.25, -0.2) is 18.7 Å². The Balaban J connectivity index is 2.20. The van der Waals surface area contributed by atoms with Crippen LogP contribution in [-0.4, -0.2) is 9.97 Å². The van der Waals surface area contributed by atoms with Gasteiger partial charge in [0.1, 0.15) is 17.5 Å². The molecule has 0 spiro atoms. The van der Waals surface area contributed by atoms with Gasteiger partial charge in [0.2, 0.25) is 5.28 Å². The number of anilines is 1. The first-order valence-electron chi connectivity index (χ1n) is 5.55. The Morgan fingerprint density at radius 3 is 2.48 bits per heavy atom. The van der Waals surface area contributed by atoms with E-state index in [0.29, 0.717) is 6.07 Å². The second-order valence-electron chi connectivity index (χ2n) is 3.99. The molecule has 0 radical (unpaired) electrons. The number of halogens is 6. The van der Waals surface area contributed by atoms with E-state index in [2.05, 4.69) is 15.3 Å². The van der Waals surface area contributed by atoms with Crippen molar-refractivity contribution in [1.82, 2.24) is 9.97 Å². The van der Waals surface area contributed by atoms with Crippen LogP contribution in [0.1, 0.15) is 11.3 Å². The quantitative estimate of drug-likeness (QED) is 0.684. The normalized spacial score (nSPS) is 11.5. The van der Waals surface area contributed by atoms with Crippen molar-refractivity contribution in [2.45, 2.75) is 12.7 Å². The lowest BCUT2D eigenvalue weighted by Gasteiger charge is -2.10. The van der Waals surface area contributed by atoms with Gasteiger partial charge in [-0.15, -0.1) is 0 Å². The molecule has 0 saturated carbocycles. The summed E-state index contributed by atoms with van der Waals surface area (Å²) in [4.78, 5) is 6.59. The number of hydrogen-bond donors (Lipinski definition) is 1. The van der Waals surface area contributed by atoms with Crippen molar-refractivity contribution in [1.29, 1.82) is 0 Å². The van der Waals surface area contributed by atoms with Crippen LogP contribution in [-0.2, 0) is 12.7 Å². The van der Waals surface area contributed by atoms with Crippen LogP contribution in [0.15, 0.2) is 24.3 Å². The fourth-order valence-corrected chi connectivity index (χ4v) is 1.70. The number of rotatable bonds is 3. The zero-order valence-electron chi connectivity index (χ0n) is 10.2. The van der Waals surface area contributed by atoms with Crippen molar-refractivity contribution >= 4 is 17.4 Å². The lowest BCUT2D eigenvalue weighted by molar-refractivity contribution is -0.141. The summed E-state index contributed by atoms with van der Waals surface area (Å²) < 4.78 is 64.0. The fourth-order valence-electron chi connectivity index (χ4n) is 1.52. The van der Waals surface area contributed by atoms with Gasteiger partial charge in [-0.1, -0.05) is 0 Å². The molecule has 0 fully saturated rings. The maximum absolute atomic E-state index is 13.4. The summed E-state index contributed by atoms with van der Waals surface area (Å²) in [6, 6.07) is 3.40. The molecular formula is C12H7ClF5N3. The molecule has 0 aliphatic rings. The second-order valence-corrected chi connectivity index (χ2v) is 4.33. The van der Waals surface area contributed by atoms with Crippen LogP contribution < -0.4 is 5.32 Å². The van der Waals surface area contributed by atoms with Crippen LogP contribution in [0.2, 0.25) is 5.28 Å². The van der Waals surface area contributed by atoms with Gasteiger partial charge >= 0.3 is 6.18 Å². The highest BCUT2D eigenvalue weighted by Crippen LogP contribution is 2.29. The first-order chi connectivity index (χ1) is 9.75. The Labute approximate surface area is 120 Å². The molecule has 0 atom stereocenters. The predicted molar refractivity (Wildman–Crippen MR) is 65.7 cm³/mol. The van der Waals surface area contributed by atoms with Crippen LogP contribution >= 0.6 is 11.6 Å². The smallest absolute Gasteiger partial charge is 0.366 e. The Morgan fingerprint density at radius 1 is 1.10 bits per heavy atom. The van der Waals surface area contributed by atoms with Crippen LogP contribution in [0.5, 0.6) is 0 Å². The Hall–Kier alpha value is -1.96. The van der Waals surface area contributed by atoms with E-state index < -0.39 is 28.8 Å². The SMILES string of the molecule is Fc1ccc(F)c(CNc2cc(C(F)(F)F)nc(Cl)n2)c1. The number of hydrogen-bond acceptors (Lipinski definition) is 3. The zero-order valence-corrected chi connectivity index (χ0v) is 10.9. The number of benzene rings is 1. The summed E-state index contributed by atoms with van der Waals surface area (Å²) in [5, 5.41) is 1.84. The molecule has 1 N–H and O–H groups in total. The molecular weight excluding hydrogens is 317 g/mol. The van der Waals surface area contributed by atoms with Gasteiger partial charge in [-0.05, 0) is 29.8 Å². The fraction of sp³-hybridized carbons (Fsp3) is 0.167. The van der Waals surface area contributed by atoms with Crippen molar-refractivity contribution < 1.29 is 22.0 Å². The molecule has 2 rings (SSSR count). The molecule has 0 aliphatic heterocycles. The third kappa shape index (κ3) is 4.01. The molecule has 1 aromatic heterocycles. The molecule has 0 unspecified atom stereocenters. The molecule has 0 aliphatic carbocycles. The third-order valence-corrected chi connectivity index (χ3v) is 2.63. The minimum atomic E-state index is -4.69. The van der Waals surface area contributed by atoms with E-state index in [1.165, 1.54) is 0 Å². The molecule has 3 nitrogen and oxygen atoms in total. The van der Waals surface area contributed by atoms with Crippen molar-refractivity contribution in [2.24, 2.45) is 0 Å². The Morgan fingerprint density at radius 2 is 1.81 bits per heavy atom. The number of alkyl halides is 3. The number of aromatic nitrogens is 2. The maximum atomic E-state index is 13.4. The van der Waals surface area contributed by atoms with Crippen molar-refractivity contribution in [3.63, 3.8) is 0 Å². The maximum Gasteiger partial charge on any atom is 0.433 e. The van der Waals surface area contributed by atoms with E-state index in [9.17, 15) is 22.0 Å². The van der Waals surface area contributed by atoms with Crippen LogP contribution in [0.25, 0.3) is 0 Å². The van der Waals surface area contributed by atoms with E-state index in [-0.39, 0.29) is 17.9 Å². The first-order valence-corrected chi connectivity index (χ1v) is 5.93. The highest BCUT2D eigenvalue weighted by atomic mass is 35.5. The first kappa shape index (κ1) is 15.4. The van der Waals surface area contributed by atoms with Crippen LogP contribution in [0, 0.1) is 11.6 Å². The molecule has 2 aromatic rings. The number of nitrogens with zero attached hydrogens (tertiary/aromatic N) is 2. The molecule has 0 amide bonds. The average Bonchev–Trinajstić information content (AvgIpc) is 2.38. The van der Waals surface area contributed by atoms with Crippen LogP contribution in [0.4, 0.5) is 27.8 Å². The van der Waals surface area contributed by atoms with Crippen molar-refractivity contribution in [3.8, 4) is 0 Å². The summed E-state index contributed by atoms with van der Waals surface area (Å²) in [7, 11) is 0. The highest BCUT2D eigenvalue weighted by Gasteiger charge is 2.33. The molecule has 21 heavy (non-hydrogen) atoms. The monoisotopic (exact) mass is 323 g/mol. The molecule has 0 bridgehead atoms. The summed E-state index contributed by atoms with van der Waals surface area (Å²) in [6.07, 6.45) is -4.69. The summed E-state index contributed by atoms with van der Waals surface area (Å²) in [5.41, 5.74) is -1.29. The van der Waals surface area contributed by atoms with E-state index >= 15 is 0 Å². The van der Waals surface area contributed by atoms with E-state index in [1.54, 1.807) is 0 Å². The lowest BCUT2D eigenvalue weighted by atomic mass is 10.2. The molecule has 112 valence electrons. The van der Waals surface area contributed by atoms with Crippen LogP contribution in [0.3, 0.4) is 0 Å². The molecule has 1 heterocycles. The van der Waals surface area contributed by atoms with Gasteiger partial charge in [0.25, 0.3) is 0 Å². The van der Waals surface area contributed by atoms with Gasteiger partial charge < -0.3 is 5.32 Å². The minimum absolute atomic E-state index is 0.0571. The summed E-state index contributed by atoms with van der Waals surface area (Å²) in [6.45, 7) is -0.256. The van der Waals surface area contributed by atoms with Crippen molar-refractivity contribution in [3.05, 3.63) is 52.4 Å². The van der Waals surface area contributed by atoms with Gasteiger partial charge in [0.15, 0.2) is 5.69 Å². The van der Waals surface area contributed by atoms with Gasteiger partial charge in [0.05, 0.1) is 0 Å². The van der Waals surface area contributed by atoms with E-state index in [4.69, 9.17) is 11.6 Å². The molecule has 0 saturated heterocycles. The second kappa shape index (κ2) is 5.80. The van der Waals surface area contributed by atoms with E-state index in [0.717, 1.165) is 18.2 Å². The Bertz CT molecular complexity index is 660.